The van der Waals surface area contributed by atoms with Crippen LogP contribution in [0, 0.1) is 6.92 Å². The molecule has 2 aromatic rings. The predicted molar refractivity (Wildman–Crippen MR) is 93.8 cm³/mol. The summed E-state index contributed by atoms with van der Waals surface area (Å²) in [7, 11) is 0. The highest BCUT2D eigenvalue weighted by atomic mass is 79.9. The molecule has 1 heterocycles. The summed E-state index contributed by atoms with van der Waals surface area (Å²) in [5.41, 5.74) is 6.76. The van der Waals surface area contributed by atoms with Crippen LogP contribution in [0.4, 0.5) is 0 Å². The number of amides is 2. The van der Waals surface area contributed by atoms with Gasteiger partial charge in [0.1, 0.15) is 0 Å². The van der Waals surface area contributed by atoms with Gasteiger partial charge in [0.05, 0.1) is 0 Å². The molecule has 0 spiro atoms. The summed E-state index contributed by atoms with van der Waals surface area (Å²) in [6, 6.07) is 8.32. The normalized spacial score (nSPS) is 9.83. The number of nitrogens with zero attached hydrogens (tertiary/aromatic N) is 1. The van der Waals surface area contributed by atoms with Gasteiger partial charge in [-0.15, -0.1) is 0 Å². The fraction of sp³-hybridized carbons (Fsp3) is 0.0667. The van der Waals surface area contributed by atoms with Crippen molar-refractivity contribution < 1.29 is 9.59 Å². The predicted octanol–water partition coefficient (Wildman–Crippen LogP) is 2.10. The molecule has 3 N–H and O–H groups in total. The van der Waals surface area contributed by atoms with E-state index in [1.165, 1.54) is 12.4 Å². The second kappa shape index (κ2) is 7.80. The van der Waals surface area contributed by atoms with E-state index in [4.69, 9.17) is 12.2 Å². The maximum Gasteiger partial charge on any atom is 0.269 e. The molecule has 8 heteroatoms. The zero-order chi connectivity index (χ0) is 16.8. The van der Waals surface area contributed by atoms with E-state index in [1.807, 2.05) is 13.0 Å². The molecule has 6 nitrogen and oxygen atoms in total. The van der Waals surface area contributed by atoms with E-state index in [1.54, 1.807) is 24.3 Å². The molecule has 0 saturated heterocycles. The molecule has 0 radical (unpaired) electrons. The number of hydrogen-bond donors (Lipinski definition) is 3. The highest BCUT2D eigenvalue weighted by Gasteiger charge is 2.10. The quantitative estimate of drug-likeness (QED) is 0.538. The van der Waals surface area contributed by atoms with Gasteiger partial charge in [-0.2, -0.15) is 0 Å². The average molecular weight is 393 g/mol. The van der Waals surface area contributed by atoms with E-state index >= 15 is 0 Å². The Kier molecular flexibility index (Phi) is 5.78. The first kappa shape index (κ1) is 17.0. The molecular formula is C15H13BrN4O2S. The maximum absolute atomic E-state index is 12.1. The topological polar surface area (TPSA) is 83.1 Å². The monoisotopic (exact) mass is 392 g/mol. The molecule has 0 aliphatic carbocycles. The van der Waals surface area contributed by atoms with Crippen LogP contribution in [0.25, 0.3) is 0 Å². The van der Waals surface area contributed by atoms with Gasteiger partial charge in [-0.3, -0.25) is 30.7 Å². The van der Waals surface area contributed by atoms with E-state index in [9.17, 15) is 9.59 Å². The average Bonchev–Trinajstić information content (AvgIpc) is 2.55. The van der Waals surface area contributed by atoms with Crippen molar-refractivity contribution in [1.29, 1.82) is 0 Å². The lowest BCUT2D eigenvalue weighted by Crippen LogP contribution is -2.48. The highest BCUT2D eigenvalue weighted by molar-refractivity contribution is 9.10. The molecule has 0 aliphatic heterocycles. The van der Waals surface area contributed by atoms with Gasteiger partial charge in [0.15, 0.2) is 5.11 Å². The lowest BCUT2D eigenvalue weighted by Gasteiger charge is -2.11. The molecule has 118 valence electrons. The van der Waals surface area contributed by atoms with Gasteiger partial charge in [-0.05, 0) is 49.0 Å². The van der Waals surface area contributed by atoms with E-state index in [0.29, 0.717) is 11.1 Å². The number of aromatic nitrogens is 1. The van der Waals surface area contributed by atoms with E-state index in [-0.39, 0.29) is 16.9 Å². The van der Waals surface area contributed by atoms with Gasteiger partial charge < -0.3 is 0 Å². The smallest absolute Gasteiger partial charge is 0.269 e. The summed E-state index contributed by atoms with van der Waals surface area (Å²) in [5, 5.41) is 2.48. The number of carbonyl (C=O) groups excluding carboxylic acids is 2. The summed E-state index contributed by atoms with van der Waals surface area (Å²) in [6.07, 6.45) is 3.01. The van der Waals surface area contributed by atoms with Crippen molar-refractivity contribution >= 4 is 45.1 Å². The molecular weight excluding hydrogens is 380 g/mol. The number of carbonyl (C=O) groups is 2. The van der Waals surface area contributed by atoms with Gasteiger partial charge in [-0.1, -0.05) is 22.0 Å². The summed E-state index contributed by atoms with van der Waals surface area (Å²) in [5.74, 6) is -0.761. The minimum absolute atomic E-state index is 0.00546. The second-order valence-electron chi connectivity index (χ2n) is 4.56. The Balaban J connectivity index is 1.88. The first-order valence-electron chi connectivity index (χ1n) is 6.55. The number of benzene rings is 1. The lowest BCUT2D eigenvalue weighted by molar-refractivity contribution is 0.0934. The molecule has 2 amide bonds. The van der Waals surface area contributed by atoms with Gasteiger partial charge in [-0.25, -0.2) is 0 Å². The van der Waals surface area contributed by atoms with Crippen molar-refractivity contribution in [2.75, 3.05) is 0 Å². The van der Waals surface area contributed by atoms with Crippen molar-refractivity contribution in [3.05, 3.63) is 63.9 Å². The Morgan fingerprint density at radius 1 is 1.04 bits per heavy atom. The van der Waals surface area contributed by atoms with E-state index < -0.39 is 0 Å². The number of rotatable bonds is 2. The Morgan fingerprint density at radius 3 is 2.39 bits per heavy atom. The number of aryl methyl sites for hydroxylation is 1. The number of halogens is 1. The molecule has 0 aliphatic rings. The van der Waals surface area contributed by atoms with Crippen molar-refractivity contribution in [2.24, 2.45) is 0 Å². The zero-order valence-electron chi connectivity index (χ0n) is 12.1. The lowest BCUT2D eigenvalue weighted by atomic mass is 10.1. The summed E-state index contributed by atoms with van der Waals surface area (Å²) >= 11 is 8.34. The third-order valence-corrected chi connectivity index (χ3v) is 3.95. The van der Waals surface area contributed by atoms with Crippen molar-refractivity contribution in [1.82, 2.24) is 21.2 Å². The molecule has 0 atom stereocenters. The van der Waals surface area contributed by atoms with Crippen molar-refractivity contribution in [2.45, 2.75) is 6.92 Å². The Hall–Kier alpha value is -2.32. The van der Waals surface area contributed by atoms with Crippen LogP contribution in [0.2, 0.25) is 0 Å². The molecule has 1 aromatic heterocycles. The number of thiocarbonyl (C=S) groups is 1. The Labute approximate surface area is 146 Å². The van der Waals surface area contributed by atoms with Crippen LogP contribution in [0.15, 0.2) is 47.2 Å². The zero-order valence-corrected chi connectivity index (χ0v) is 14.5. The second-order valence-corrected chi connectivity index (χ2v) is 5.82. The summed E-state index contributed by atoms with van der Waals surface area (Å²) < 4.78 is 0.829. The fourth-order valence-corrected chi connectivity index (χ4v) is 2.15. The van der Waals surface area contributed by atoms with Gasteiger partial charge in [0.2, 0.25) is 0 Å². The Morgan fingerprint density at radius 2 is 1.74 bits per heavy atom. The molecule has 0 unspecified atom stereocenters. The van der Waals surface area contributed by atoms with Crippen LogP contribution >= 0.6 is 28.1 Å². The van der Waals surface area contributed by atoms with E-state index in [0.717, 1.165) is 10.0 Å². The van der Waals surface area contributed by atoms with Gasteiger partial charge in [0, 0.05) is 28.0 Å². The largest absolute Gasteiger partial charge is 0.298 e. The highest BCUT2D eigenvalue weighted by Crippen LogP contribution is 2.17. The van der Waals surface area contributed by atoms with Crippen LogP contribution in [0.1, 0.15) is 26.3 Å². The van der Waals surface area contributed by atoms with Gasteiger partial charge in [0.25, 0.3) is 11.8 Å². The number of hydrazine groups is 1. The minimum atomic E-state index is -0.387. The molecule has 23 heavy (non-hydrogen) atoms. The van der Waals surface area contributed by atoms with Crippen molar-refractivity contribution in [3.63, 3.8) is 0 Å². The summed E-state index contributed by atoms with van der Waals surface area (Å²) in [6.45, 7) is 1.92. The molecule has 0 saturated carbocycles. The number of hydrogen-bond acceptors (Lipinski definition) is 4. The molecule has 1 aromatic carbocycles. The first-order valence-corrected chi connectivity index (χ1v) is 7.75. The van der Waals surface area contributed by atoms with Crippen LogP contribution in [-0.2, 0) is 0 Å². The minimum Gasteiger partial charge on any atom is -0.298 e. The number of nitrogens with one attached hydrogen (secondary N) is 3. The third-order valence-electron chi connectivity index (χ3n) is 2.89. The maximum atomic E-state index is 12.1. The molecule has 0 bridgehead atoms. The van der Waals surface area contributed by atoms with Crippen molar-refractivity contribution in [3.8, 4) is 0 Å². The number of pyridine rings is 1. The SMILES string of the molecule is Cc1ccc(C(=O)NC(=S)NNC(=O)c2ccncc2)cc1Br. The fourth-order valence-electron chi connectivity index (χ4n) is 1.63. The van der Waals surface area contributed by atoms with Crippen LogP contribution < -0.4 is 16.2 Å². The third kappa shape index (κ3) is 4.83. The van der Waals surface area contributed by atoms with E-state index in [2.05, 4.69) is 37.1 Å². The Bertz CT molecular complexity index is 752. The summed E-state index contributed by atoms with van der Waals surface area (Å²) in [4.78, 5) is 27.7. The van der Waals surface area contributed by atoms with Crippen LogP contribution in [-0.4, -0.2) is 21.9 Å². The van der Waals surface area contributed by atoms with Gasteiger partial charge >= 0.3 is 0 Å². The standard InChI is InChI=1S/C15H13BrN4O2S/c1-9-2-3-11(8-12(9)16)13(21)18-15(23)20-19-14(22)10-4-6-17-7-5-10/h2-8H,1H3,(H,19,22)(H2,18,20,21,23). The molecule has 0 fully saturated rings. The van der Waals surface area contributed by atoms with Crippen LogP contribution in [0.3, 0.4) is 0 Å². The van der Waals surface area contributed by atoms with Crippen LogP contribution in [0.5, 0.6) is 0 Å². The first-order chi connectivity index (χ1) is 11.0. The molecule has 2 rings (SSSR count).